The Kier molecular flexibility index (Phi) is 5.48. The highest BCUT2D eigenvalue weighted by molar-refractivity contribution is 5.89. The molecule has 0 aromatic carbocycles. The minimum absolute atomic E-state index is 0.0727. The molecule has 3 fully saturated rings. The smallest absolute Gasteiger partial charge is 0.303 e. The number of carbonyl (C=O) groups is 3. The number of hydrogen-bond donors (Lipinski definition) is 1. The third-order valence-electron chi connectivity index (χ3n) is 9.28. The van der Waals surface area contributed by atoms with Gasteiger partial charge in [-0.25, -0.2) is 0 Å². The lowest BCUT2D eigenvalue weighted by Crippen LogP contribution is -2.59. The number of amides is 2. The van der Waals surface area contributed by atoms with Crippen molar-refractivity contribution < 1.29 is 19.1 Å². The van der Waals surface area contributed by atoms with Crippen LogP contribution in [0.4, 0.5) is 0 Å². The van der Waals surface area contributed by atoms with Crippen molar-refractivity contribution in [3.8, 4) is 0 Å². The number of fused-ring (bicyclic) bond motifs is 5. The maximum absolute atomic E-state index is 12.2. The van der Waals surface area contributed by atoms with Crippen molar-refractivity contribution in [1.29, 1.82) is 0 Å². The molecule has 4 rings (SSSR count). The summed E-state index contributed by atoms with van der Waals surface area (Å²) in [5.74, 6) is 1.98. The van der Waals surface area contributed by atoms with Gasteiger partial charge in [0.15, 0.2) is 6.61 Å². The number of nitrogens with zero attached hydrogens (tertiary/aromatic N) is 1. The van der Waals surface area contributed by atoms with Crippen molar-refractivity contribution in [3.05, 3.63) is 12.2 Å². The van der Waals surface area contributed by atoms with Crippen LogP contribution in [0.15, 0.2) is 12.2 Å². The average molecular weight is 417 g/mol. The number of rotatable bonds is 4. The van der Waals surface area contributed by atoms with E-state index in [1.807, 2.05) is 11.9 Å². The monoisotopic (exact) mass is 416 g/mol. The molecule has 1 heterocycles. The molecule has 0 radical (unpaired) electrons. The van der Waals surface area contributed by atoms with Gasteiger partial charge in [0.25, 0.3) is 5.91 Å². The summed E-state index contributed by atoms with van der Waals surface area (Å²) in [4.78, 5) is 37.1. The fraction of sp³-hybridized carbons (Fsp3) is 0.792. The minimum atomic E-state index is -0.426. The van der Waals surface area contributed by atoms with E-state index >= 15 is 0 Å². The van der Waals surface area contributed by atoms with Gasteiger partial charge in [0.1, 0.15) is 0 Å². The molecular weight excluding hydrogens is 380 g/mol. The third kappa shape index (κ3) is 3.36. The van der Waals surface area contributed by atoms with Gasteiger partial charge in [-0.3, -0.25) is 14.4 Å². The second kappa shape index (κ2) is 7.69. The number of likely N-dealkylation sites (N-methyl/N-ethyl adjacent to an activating group) is 1. The molecule has 0 aromatic rings. The first-order chi connectivity index (χ1) is 14.2. The van der Waals surface area contributed by atoms with E-state index in [4.69, 9.17) is 4.74 Å². The minimum Gasteiger partial charge on any atom is -0.456 e. The number of esters is 1. The fourth-order valence-corrected chi connectivity index (χ4v) is 7.64. The molecular formula is C24H36N2O4. The lowest BCUT2D eigenvalue weighted by atomic mass is 9.47. The quantitative estimate of drug-likeness (QED) is 0.715. The van der Waals surface area contributed by atoms with Gasteiger partial charge in [-0.05, 0) is 73.7 Å². The molecule has 6 heteroatoms. The van der Waals surface area contributed by atoms with Crippen LogP contribution in [-0.4, -0.2) is 48.9 Å². The first-order valence-corrected chi connectivity index (χ1v) is 11.5. The van der Waals surface area contributed by atoms with Crippen molar-refractivity contribution in [2.45, 2.75) is 65.3 Å². The van der Waals surface area contributed by atoms with E-state index in [0.717, 1.165) is 12.8 Å². The number of ether oxygens (including phenoxy) is 1. The van der Waals surface area contributed by atoms with Crippen LogP contribution < -0.4 is 5.32 Å². The molecule has 3 aliphatic carbocycles. The summed E-state index contributed by atoms with van der Waals surface area (Å²) in [6.07, 6.45) is 11.0. The zero-order valence-electron chi connectivity index (χ0n) is 18.8. The van der Waals surface area contributed by atoms with Crippen LogP contribution in [0.5, 0.6) is 0 Å². The molecule has 0 aromatic heterocycles. The van der Waals surface area contributed by atoms with E-state index in [0.29, 0.717) is 36.3 Å². The van der Waals surface area contributed by atoms with E-state index in [9.17, 15) is 14.4 Å². The van der Waals surface area contributed by atoms with Gasteiger partial charge in [-0.1, -0.05) is 19.9 Å². The third-order valence-corrected chi connectivity index (χ3v) is 9.28. The van der Waals surface area contributed by atoms with Crippen LogP contribution in [0.1, 0.15) is 59.3 Å². The van der Waals surface area contributed by atoms with E-state index < -0.39 is 5.97 Å². The molecule has 3 saturated carbocycles. The average Bonchev–Trinajstić information content (AvgIpc) is 3.04. The zero-order chi connectivity index (χ0) is 21.7. The van der Waals surface area contributed by atoms with Crippen LogP contribution in [0.25, 0.3) is 0 Å². The Morgan fingerprint density at radius 2 is 1.93 bits per heavy atom. The molecule has 30 heavy (non-hydrogen) atoms. The van der Waals surface area contributed by atoms with Crippen molar-refractivity contribution in [1.82, 2.24) is 10.2 Å². The lowest BCUT2D eigenvalue weighted by molar-refractivity contribution is -0.146. The Morgan fingerprint density at radius 1 is 1.17 bits per heavy atom. The van der Waals surface area contributed by atoms with Crippen molar-refractivity contribution >= 4 is 17.8 Å². The highest BCUT2D eigenvalue weighted by Crippen LogP contribution is 2.65. The summed E-state index contributed by atoms with van der Waals surface area (Å²) in [5.41, 5.74) is 0.322. The van der Waals surface area contributed by atoms with Gasteiger partial charge in [0.2, 0.25) is 5.91 Å². The molecule has 6 nitrogen and oxygen atoms in total. The number of nitrogens with one attached hydrogen (secondary N) is 1. The molecule has 7 atom stereocenters. The number of hydrogen-bond acceptors (Lipinski definition) is 4. The summed E-state index contributed by atoms with van der Waals surface area (Å²) in [6.45, 7) is 6.61. The molecule has 1 N–H and O–H groups in total. The van der Waals surface area contributed by atoms with Gasteiger partial charge >= 0.3 is 5.97 Å². The topological polar surface area (TPSA) is 75.7 Å². The maximum atomic E-state index is 12.2. The summed E-state index contributed by atoms with van der Waals surface area (Å²) in [6, 6.07) is 0.318. The first kappa shape index (κ1) is 21.4. The highest BCUT2D eigenvalue weighted by atomic mass is 16.5. The predicted octanol–water partition coefficient (Wildman–Crippen LogP) is 2.92. The van der Waals surface area contributed by atoms with Crippen LogP contribution in [-0.2, 0) is 19.1 Å². The highest BCUT2D eigenvalue weighted by Gasteiger charge is 2.60. The van der Waals surface area contributed by atoms with Crippen LogP contribution in [0, 0.1) is 34.5 Å². The van der Waals surface area contributed by atoms with Gasteiger partial charge in [0.05, 0.1) is 0 Å². The van der Waals surface area contributed by atoms with Crippen LogP contribution in [0.3, 0.4) is 0 Å². The van der Waals surface area contributed by atoms with E-state index in [1.54, 1.807) is 6.08 Å². The Hall–Kier alpha value is -1.85. The molecule has 2 amide bonds. The molecule has 0 spiro atoms. The summed E-state index contributed by atoms with van der Waals surface area (Å²) < 4.78 is 4.81. The Balaban J connectivity index is 1.45. The molecule has 2 unspecified atom stereocenters. The Bertz CT molecular complexity index is 764. The molecule has 1 aliphatic heterocycles. The van der Waals surface area contributed by atoms with Gasteiger partial charge in [-0.15, -0.1) is 0 Å². The van der Waals surface area contributed by atoms with Gasteiger partial charge in [0, 0.05) is 32.0 Å². The SMILES string of the molecule is CC(=O)OCC(=O)NCC1CC[C@H]2[C@@H]3CCC4N(C)C(=O)C=C[C@]4(C)[C@@H]3CC[C@]12C. The standard InChI is InChI=1S/C24H36N2O4/c1-15(27)30-14-21(28)25-13-16-5-7-18-17-6-8-20-24(3,12-10-22(29)26(20)4)19(17)9-11-23(16,18)2/h10,12,16-20H,5-9,11,13-14H2,1-4H3,(H,25,28)/t16?,17-,18-,19+,20?,23+,24+/m0/s1. The molecule has 4 aliphatic rings. The maximum Gasteiger partial charge on any atom is 0.303 e. The second-order valence-electron chi connectivity index (χ2n) is 10.5. The molecule has 0 saturated heterocycles. The Labute approximate surface area is 179 Å². The van der Waals surface area contributed by atoms with Crippen molar-refractivity contribution in [2.24, 2.45) is 34.5 Å². The largest absolute Gasteiger partial charge is 0.456 e. The van der Waals surface area contributed by atoms with Crippen molar-refractivity contribution in [2.75, 3.05) is 20.2 Å². The normalized spacial score (nSPS) is 42.2. The van der Waals surface area contributed by atoms with Gasteiger partial charge < -0.3 is 15.0 Å². The predicted molar refractivity (Wildman–Crippen MR) is 113 cm³/mol. The van der Waals surface area contributed by atoms with Crippen LogP contribution in [0.2, 0.25) is 0 Å². The van der Waals surface area contributed by atoms with Crippen molar-refractivity contribution in [3.63, 3.8) is 0 Å². The first-order valence-electron chi connectivity index (χ1n) is 11.5. The van der Waals surface area contributed by atoms with E-state index in [1.165, 1.54) is 32.6 Å². The summed E-state index contributed by atoms with van der Waals surface area (Å²) in [5, 5.41) is 3.00. The lowest BCUT2D eigenvalue weighted by Gasteiger charge is -2.60. The van der Waals surface area contributed by atoms with E-state index in [2.05, 4.69) is 25.2 Å². The zero-order valence-corrected chi connectivity index (χ0v) is 18.8. The van der Waals surface area contributed by atoms with E-state index in [-0.39, 0.29) is 29.3 Å². The van der Waals surface area contributed by atoms with Gasteiger partial charge in [-0.2, -0.15) is 0 Å². The molecule has 166 valence electrons. The molecule has 0 bridgehead atoms. The second-order valence-corrected chi connectivity index (χ2v) is 10.5. The van der Waals surface area contributed by atoms with Crippen LogP contribution >= 0.6 is 0 Å². The Morgan fingerprint density at radius 3 is 2.67 bits per heavy atom. The summed E-state index contributed by atoms with van der Waals surface area (Å²) in [7, 11) is 1.96. The summed E-state index contributed by atoms with van der Waals surface area (Å²) >= 11 is 0. The number of carbonyl (C=O) groups excluding carboxylic acids is 3. The fourth-order valence-electron chi connectivity index (χ4n) is 7.64.